The van der Waals surface area contributed by atoms with Crippen LogP contribution in [-0.4, -0.2) is 24.5 Å². The maximum absolute atomic E-state index is 4.15. The van der Waals surface area contributed by atoms with Gasteiger partial charge in [-0.2, -0.15) is 10.2 Å². The minimum Gasteiger partial charge on any atom is -0.381 e. The smallest absolute Gasteiger partial charge is 0.137 e. The van der Waals surface area contributed by atoms with Crippen molar-refractivity contribution in [2.45, 2.75) is 13.1 Å². The van der Waals surface area contributed by atoms with Crippen molar-refractivity contribution in [3.05, 3.63) is 60.4 Å². The summed E-state index contributed by atoms with van der Waals surface area (Å²) in [5.74, 6) is 0. The Morgan fingerprint density at radius 2 is 1.95 bits per heavy atom. The van der Waals surface area contributed by atoms with E-state index in [0.29, 0.717) is 0 Å². The van der Waals surface area contributed by atoms with Crippen LogP contribution in [0.25, 0.3) is 0 Å². The van der Waals surface area contributed by atoms with Crippen molar-refractivity contribution >= 4 is 5.69 Å². The minimum absolute atomic E-state index is 0.739. The Morgan fingerprint density at radius 3 is 2.60 bits per heavy atom. The van der Waals surface area contributed by atoms with Gasteiger partial charge in [-0.25, -0.2) is 9.67 Å². The minimum atomic E-state index is 0.739. The molecule has 1 N–H and O–H groups in total. The third kappa shape index (κ3) is 3.03. The van der Waals surface area contributed by atoms with Gasteiger partial charge in [0, 0.05) is 31.0 Å². The van der Waals surface area contributed by atoms with Crippen LogP contribution in [0.1, 0.15) is 11.1 Å². The normalized spacial score (nSPS) is 10.7. The molecule has 3 rings (SSSR count). The molecule has 2 heterocycles. The van der Waals surface area contributed by atoms with E-state index < -0.39 is 0 Å². The molecule has 0 amide bonds. The van der Waals surface area contributed by atoms with Gasteiger partial charge in [-0.15, -0.1) is 0 Å². The Kier molecular flexibility index (Phi) is 3.45. The van der Waals surface area contributed by atoms with E-state index in [0.717, 1.165) is 18.8 Å². The number of anilines is 1. The lowest BCUT2D eigenvalue weighted by Crippen LogP contribution is -2.01. The van der Waals surface area contributed by atoms with Crippen LogP contribution in [-0.2, 0) is 20.1 Å². The Labute approximate surface area is 117 Å². The second kappa shape index (κ2) is 5.56. The first-order chi connectivity index (χ1) is 9.79. The quantitative estimate of drug-likeness (QED) is 0.764. The predicted molar refractivity (Wildman–Crippen MR) is 76.1 cm³/mol. The Balaban J connectivity index is 1.58. The summed E-state index contributed by atoms with van der Waals surface area (Å²) < 4.78 is 3.61. The van der Waals surface area contributed by atoms with E-state index in [1.807, 2.05) is 19.4 Å². The van der Waals surface area contributed by atoms with Crippen LogP contribution in [0.3, 0.4) is 0 Å². The lowest BCUT2D eigenvalue weighted by Gasteiger charge is -2.06. The molecule has 6 heteroatoms. The molecule has 20 heavy (non-hydrogen) atoms. The van der Waals surface area contributed by atoms with Gasteiger partial charge < -0.3 is 5.32 Å². The van der Waals surface area contributed by atoms with Crippen LogP contribution in [0.2, 0.25) is 0 Å². The average molecular weight is 268 g/mol. The van der Waals surface area contributed by atoms with Crippen molar-refractivity contribution < 1.29 is 0 Å². The van der Waals surface area contributed by atoms with E-state index in [2.05, 4.69) is 44.8 Å². The lowest BCUT2D eigenvalue weighted by molar-refractivity contribution is 0.685. The fraction of sp³-hybridized carbons (Fsp3) is 0.214. The molecule has 1 aromatic carbocycles. The van der Waals surface area contributed by atoms with Gasteiger partial charge >= 0.3 is 0 Å². The first kappa shape index (κ1) is 12.4. The van der Waals surface area contributed by atoms with Crippen LogP contribution in [0, 0.1) is 0 Å². The molecule has 6 nitrogen and oxygen atoms in total. The largest absolute Gasteiger partial charge is 0.381 e. The topological polar surface area (TPSA) is 60.6 Å². The van der Waals surface area contributed by atoms with Crippen molar-refractivity contribution in [1.29, 1.82) is 0 Å². The second-order valence-corrected chi connectivity index (χ2v) is 4.67. The van der Waals surface area contributed by atoms with Gasteiger partial charge in [-0.3, -0.25) is 4.68 Å². The van der Waals surface area contributed by atoms with Gasteiger partial charge in [0.15, 0.2) is 0 Å². The van der Waals surface area contributed by atoms with Crippen molar-refractivity contribution in [2.24, 2.45) is 7.05 Å². The number of hydrogen-bond donors (Lipinski definition) is 1. The molecule has 0 fully saturated rings. The third-order valence-corrected chi connectivity index (χ3v) is 3.02. The van der Waals surface area contributed by atoms with Gasteiger partial charge in [0.1, 0.15) is 12.7 Å². The van der Waals surface area contributed by atoms with Crippen LogP contribution in [0.5, 0.6) is 0 Å². The summed E-state index contributed by atoms with van der Waals surface area (Å²) in [6.45, 7) is 1.51. The molecule has 0 aliphatic heterocycles. The van der Waals surface area contributed by atoms with E-state index in [1.165, 1.54) is 11.1 Å². The summed E-state index contributed by atoms with van der Waals surface area (Å²) in [5, 5.41) is 11.6. The first-order valence-electron chi connectivity index (χ1n) is 6.42. The molecule has 102 valence electrons. The van der Waals surface area contributed by atoms with Crippen molar-refractivity contribution in [1.82, 2.24) is 24.5 Å². The lowest BCUT2D eigenvalue weighted by atomic mass is 10.2. The molecule has 0 bridgehead atoms. The maximum Gasteiger partial charge on any atom is 0.137 e. The number of aromatic nitrogens is 5. The number of hydrogen-bond acceptors (Lipinski definition) is 4. The molecule has 2 aromatic heterocycles. The number of nitrogens with zero attached hydrogens (tertiary/aromatic N) is 5. The highest BCUT2D eigenvalue weighted by Crippen LogP contribution is 2.11. The molecule has 0 aliphatic carbocycles. The van der Waals surface area contributed by atoms with Crippen LogP contribution < -0.4 is 5.32 Å². The number of aryl methyl sites for hydroxylation is 1. The fourth-order valence-corrected chi connectivity index (χ4v) is 2.00. The van der Waals surface area contributed by atoms with Crippen LogP contribution >= 0.6 is 0 Å². The summed E-state index contributed by atoms with van der Waals surface area (Å²) in [6.07, 6.45) is 7.14. The van der Waals surface area contributed by atoms with Gasteiger partial charge in [0.05, 0.1) is 12.7 Å². The van der Waals surface area contributed by atoms with Crippen molar-refractivity contribution in [2.75, 3.05) is 5.32 Å². The zero-order valence-electron chi connectivity index (χ0n) is 11.3. The number of benzene rings is 1. The Hall–Kier alpha value is -2.63. The van der Waals surface area contributed by atoms with Gasteiger partial charge in [0.25, 0.3) is 0 Å². The monoisotopic (exact) mass is 268 g/mol. The highest BCUT2D eigenvalue weighted by Gasteiger charge is 1.98. The summed E-state index contributed by atoms with van der Waals surface area (Å²) in [7, 11) is 1.92. The van der Waals surface area contributed by atoms with E-state index in [4.69, 9.17) is 0 Å². The SMILES string of the molecule is Cn1cc(CNc2ccc(Cn3cncn3)cc2)cn1. The predicted octanol–water partition coefficient (Wildman–Crippen LogP) is 1.67. The zero-order chi connectivity index (χ0) is 13.8. The highest BCUT2D eigenvalue weighted by molar-refractivity contribution is 5.45. The fourth-order valence-electron chi connectivity index (χ4n) is 2.00. The van der Waals surface area contributed by atoms with Crippen LogP contribution in [0.15, 0.2) is 49.3 Å². The first-order valence-corrected chi connectivity index (χ1v) is 6.42. The van der Waals surface area contributed by atoms with Gasteiger partial charge in [-0.05, 0) is 17.7 Å². The number of rotatable bonds is 5. The van der Waals surface area contributed by atoms with Crippen molar-refractivity contribution in [3.63, 3.8) is 0 Å². The Morgan fingerprint density at radius 1 is 1.10 bits per heavy atom. The van der Waals surface area contributed by atoms with Gasteiger partial charge in [-0.1, -0.05) is 12.1 Å². The highest BCUT2D eigenvalue weighted by atomic mass is 15.3. The van der Waals surface area contributed by atoms with E-state index >= 15 is 0 Å². The standard InChI is InChI=1S/C14H16N6/c1-19-8-13(7-17-19)6-16-14-4-2-12(3-5-14)9-20-11-15-10-18-20/h2-5,7-8,10-11,16H,6,9H2,1H3. The number of nitrogens with one attached hydrogen (secondary N) is 1. The van der Waals surface area contributed by atoms with Crippen molar-refractivity contribution in [3.8, 4) is 0 Å². The van der Waals surface area contributed by atoms with E-state index in [-0.39, 0.29) is 0 Å². The summed E-state index contributed by atoms with van der Waals surface area (Å²) in [6, 6.07) is 8.33. The molecule has 3 aromatic rings. The Bertz CT molecular complexity index is 653. The zero-order valence-corrected chi connectivity index (χ0v) is 11.3. The molecular weight excluding hydrogens is 252 g/mol. The van der Waals surface area contributed by atoms with Gasteiger partial charge in [0.2, 0.25) is 0 Å². The second-order valence-electron chi connectivity index (χ2n) is 4.67. The summed E-state index contributed by atoms with van der Waals surface area (Å²) >= 11 is 0. The molecule has 0 saturated carbocycles. The molecule has 0 saturated heterocycles. The summed E-state index contributed by atoms with van der Waals surface area (Å²) in [4.78, 5) is 3.93. The van der Waals surface area contributed by atoms with E-state index in [1.54, 1.807) is 22.0 Å². The average Bonchev–Trinajstić information content (AvgIpc) is 3.10. The van der Waals surface area contributed by atoms with E-state index in [9.17, 15) is 0 Å². The third-order valence-electron chi connectivity index (χ3n) is 3.02. The molecule has 0 radical (unpaired) electrons. The molecule has 0 aliphatic rings. The van der Waals surface area contributed by atoms with Crippen LogP contribution in [0.4, 0.5) is 5.69 Å². The molecular formula is C14H16N6. The maximum atomic E-state index is 4.15. The summed E-state index contributed by atoms with van der Waals surface area (Å²) in [5.41, 5.74) is 3.46. The molecule has 0 spiro atoms. The molecule has 0 unspecified atom stereocenters. The molecule has 0 atom stereocenters.